The van der Waals surface area contributed by atoms with Crippen LogP contribution in [0.1, 0.15) is 12.0 Å². The molecule has 5 nitrogen and oxygen atoms in total. The van der Waals surface area contributed by atoms with Gasteiger partial charge in [-0.05, 0) is 6.07 Å². The minimum atomic E-state index is 0.608. The van der Waals surface area contributed by atoms with Crippen LogP contribution >= 0.6 is 0 Å². The van der Waals surface area contributed by atoms with Gasteiger partial charge in [-0.3, -0.25) is 0 Å². The van der Waals surface area contributed by atoms with Crippen molar-refractivity contribution in [1.82, 2.24) is 14.1 Å². The molecule has 0 saturated heterocycles. The van der Waals surface area contributed by atoms with E-state index >= 15 is 0 Å². The monoisotopic (exact) mass is 915 g/mol. The minimum absolute atomic E-state index is 0.608. The van der Waals surface area contributed by atoms with Gasteiger partial charge in [-0.15, -0.1) is 0 Å². The maximum atomic E-state index is 6.89. The second-order valence-electron chi connectivity index (χ2n) is 14.0. The van der Waals surface area contributed by atoms with Gasteiger partial charge in [0.25, 0.3) is 0 Å². The van der Waals surface area contributed by atoms with Crippen LogP contribution in [0.25, 0.3) is 55.8 Å². The molecule has 0 N–H and O–H groups in total. The van der Waals surface area contributed by atoms with E-state index in [9.17, 15) is 0 Å². The van der Waals surface area contributed by atoms with Crippen molar-refractivity contribution in [2.45, 2.75) is 12.8 Å². The number of hydrogen-bond donors (Lipinski definition) is 0. The van der Waals surface area contributed by atoms with Gasteiger partial charge in [-0.2, -0.15) is 0 Å². The zero-order valence-corrected chi connectivity index (χ0v) is 33.2. The molecule has 10 rings (SSSR count). The molecule has 1 aliphatic rings. The summed E-state index contributed by atoms with van der Waals surface area (Å²) < 4.78 is 12.6. The fourth-order valence-electron chi connectivity index (χ4n) is 7.96. The molecule has 0 spiro atoms. The number of aryl methyl sites for hydroxylation is 1. The summed E-state index contributed by atoms with van der Waals surface area (Å²) in [6.45, 7) is 0.866. The zero-order chi connectivity index (χ0) is 38.1. The summed E-state index contributed by atoms with van der Waals surface area (Å²) in [4.78, 5) is 6.95. The summed E-state index contributed by atoms with van der Waals surface area (Å²) in [5, 5.41) is 0. The van der Waals surface area contributed by atoms with Gasteiger partial charge in [0.05, 0.1) is 0 Å². The molecule has 0 unspecified atom stereocenters. The Hall–Kier alpha value is -6.55. The number of benzene rings is 7. The van der Waals surface area contributed by atoms with Crippen LogP contribution in [0.4, 0.5) is 11.5 Å². The molecule has 0 saturated carbocycles. The number of fused-ring (bicyclic) bond motifs is 2. The molecule has 9 aromatic rings. The van der Waals surface area contributed by atoms with Gasteiger partial charge in [-0.1, -0.05) is 6.07 Å². The van der Waals surface area contributed by atoms with Crippen LogP contribution in [0.2, 0.25) is 0 Å². The zero-order valence-electron chi connectivity index (χ0n) is 31.0. The van der Waals surface area contributed by atoms with Crippen LogP contribution in [-0.4, -0.2) is 20.7 Å². The maximum absolute atomic E-state index is 6.89. The van der Waals surface area contributed by atoms with E-state index in [4.69, 9.17) is 9.72 Å². The summed E-state index contributed by atoms with van der Waals surface area (Å²) in [6.07, 6.45) is 3.85. The molecule has 3 heterocycles. The number of anilines is 2. The molecule has 0 amide bonds. The summed E-state index contributed by atoms with van der Waals surface area (Å²) in [6, 6.07) is 68.8. The molecule has 7 aromatic carbocycles. The van der Waals surface area contributed by atoms with Gasteiger partial charge in [0.1, 0.15) is 0 Å². The molecular weight excluding hydrogens is 880 g/mol. The molecule has 0 radical (unpaired) electrons. The van der Waals surface area contributed by atoms with Crippen molar-refractivity contribution < 1.29 is 24.1 Å². The Morgan fingerprint density at radius 3 is 1.81 bits per heavy atom. The van der Waals surface area contributed by atoms with Crippen molar-refractivity contribution >= 4 is 22.5 Å². The number of nitrogens with zero attached hydrogens (tertiary/aromatic N) is 4. The van der Waals surface area contributed by atoms with Gasteiger partial charge in [0, 0.05) is 6.20 Å². The molecular formula is C51H36N4OPt-2. The molecule has 2 aromatic heterocycles. The van der Waals surface area contributed by atoms with Crippen LogP contribution in [-0.2, 0) is 25.8 Å². The van der Waals surface area contributed by atoms with Crippen molar-refractivity contribution in [3.8, 4) is 56.3 Å². The van der Waals surface area contributed by atoms with Crippen LogP contribution < -0.4 is 9.64 Å². The standard InChI is InChI=1S/C51H36N4O.Pt/c1-4-17-37(18-5-1)43-26-15-27-44(38-19-6-2-7-20-38)51(43)55-36-54(46-28-10-11-29-47(46)55)41-24-14-25-42(34-41)56-49-35-48-40(33-45(49)39-21-8-3-9-22-39)23-16-32-53(48)50-30-12-13-31-52-50;/h1-15,17-22,24-31,33H,16,23,32H2;/q-2;. The number of imidazole rings is 1. The molecule has 0 atom stereocenters. The Morgan fingerprint density at radius 1 is 0.561 bits per heavy atom. The Morgan fingerprint density at radius 2 is 1.16 bits per heavy atom. The Labute approximate surface area is 343 Å². The number of pyridine rings is 1. The second-order valence-corrected chi connectivity index (χ2v) is 15.0. The second kappa shape index (κ2) is 15.2. The first kappa shape index (κ1) is 34.9. The number of aromatic nitrogens is 3. The third-order valence-corrected chi connectivity index (χ3v) is 11.6. The molecule has 57 heavy (non-hydrogen) atoms. The van der Waals surface area contributed by atoms with Gasteiger partial charge >= 0.3 is 327 Å². The van der Waals surface area contributed by atoms with Crippen LogP contribution in [0.3, 0.4) is 0 Å². The quantitative estimate of drug-likeness (QED) is 0.143. The van der Waals surface area contributed by atoms with Crippen molar-refractivity contribution in [2.24, 2.45) is 0 Å². The third kappa shape index (κ3) is 6.54. The molecule has 0 fully saturated rings. The van der Waals surface area contributed by atoms with E-state index in [2.05, 4.69) is 191 Å². The molecule has 278 valence electrons. The van der Waals surface area contributed by atoms with Crippen molar-refractivity contribution in [3.63, 3.8) is 0 Å². The average Bonchev–Trinajstić information content (AvgIpc) is 3.58. The predicted octanol–water partition coefficient (Wildman–Crippen LogP) is 12.4. The first-order valence-electron chi connectivity index (χ1n) is 19.2. The van der Waals surface area contributed by atoms with Gasteiger partial charge < -0.3 is 0 Å². The molecule has 1 aliphatic heterocycles. The topological polar surface area (TPSA) is 35.2 Å². The predicted molar refractivity (Wildman–Crippen MR) is 226 cm³/mol. The normalized spacial score (nSPS) is 12.4. The summed E-state index contributed by atoms with van der Waals surface area (Å²) in [5.74, 6) is 2.17. The van der Waals surface area contributed by atoms with E-state index in [0.29, 0.717) is 11.5 Å². The third-order valence-electron chi connectivity index (χ3n) is 10.5. The van der Waals surface area contributed by atoms with Gasteiger partial charge in [-0.25, -0.2) is 0 Å². The first-order chi connectivity index (χ1) is 28.2. The molecule has 0 aliphatic carbocycles. The van der Waals surface area contributed by atoms with E-state index in [0.717, 1.165) is 90.5 Å². The fourth-order valence-corrected chi connectivity index (χ4v) is 9.04. The van der Waals surface area contributed by atoms with Crippen molar-refractivity contribution in [3.05, 3.63) is 204 Å². The number of rotatable bonds is 8. The van der Waals surface area contributed by atoms with E-state index in [1.165, 1.54) is 5.56 Å². The van der Waals surface area contributed by atoms with E-state index < -0.39 is 0 Å². The van der Waals surface area contributed by atoms with Crippen molar-refractivity contribution in [2.75, 3.05) is 11.4 Å². The van der Waals surface area contributed by atoms with Crippen LogP contribution in [0.5, 0.6) is 11.5 Å². The van der Waals surface area contributed by atoms with Crippen molar-refractivity contribution in [1.29, 1.82) is 0 Å². The Bertz CT molecular complexity index is 2870. The average molecular weight is 916 g/mol. The van der Waals surface area contributed by atoms with Crippen LogP contribution in [0.15, 0.2) is 182 Å². The number of hydrogen-bond acceptors (Lipinski definition) is 3. The first-order valence-corrected chi connectivity index (χ1v) is 20.3. The molecule has 6 heteroatoms. The fraction of sp³-hybridized carbons (Fsp3) is 0.0588. The number of para-hydroxylation sites is 3. The van der Waals surface area contributed by atoms with Crippen LogP contribution in [0, 0.1) is 15.9 Å². The van der Waals surface area contributed by atoms with E-state index in [1.807, 2.05) is 36.5 Å². The number of ether oxygens (including phenoxy) is 1. The summed E-state index contributed by atoms with van der Waals surface area (Å²) in [7, 11) is 0. The van der Waals surface area contributed by atoms with E-state index in [1.54, 1.807) is 0 Å². The summed E-state index contributed by atoms with van der Waals surface area (Å²) >= 11 is 2.48. The Balaban J connectivity index is 1.13. The van der Waals surface area contributed by atoms with E-state index in [-0.39, 0.29) is 0 Å². The Kier molecular flexibility index (Phi) is 9.29. The van der Waals surface area contributed by atoms with Gasteiger partial charge in [0.2, 0.25) is 0 Å². The SMILES string of the molecule is [Pt]=[c]1n(-c2[c-]c(Oc3[c-]c4c(cc3-c3ccccc3)CCCN4c3ccccn3)ccc2)c2ccccc2n1-c1c(-c2ccccc2)cccc1-c1ccccc1. The van der Waals surface area contributed by atoms with Gasteiger partial charge in [0.15, 0.2) is 0 Å². The summed E-state index contributed by atoms with van der Waals surface area (Å²) in [5.41, 5.74) is 13.1. The molecule has 0 bridgehead atoms.